The van der Waals surface area contributed by atoms with Crippen LogP contribution in [0.15, 0.2) is 18.5 Å². The van der Waals surface area contributed by atoms with Gasteiger partial charge in [-0.25, -0.2) is 9.37 Å². The van der Waals surface area contributed by atoms with E-state index in [9.17, 15) is 17.6 Å². The molecule has 2 aromatic rings. The lowest BCUT2D eigenvalue weighted by atomic mass is 10.2. The lowest BCUT2D eigenvalue weighted by molar-refractivity contribution is -0.137. The quantitative estimate of drug-likeness (QED) is 0.639. The van der Waals surface area contributed by atoms with Crippen molar-refractivity contribution < 1.29 is 17.6 Å². The van der Waals surface area contributed by atoms with E-state index < -0.39 is 17.6 Å². The molecule has 0 radical (unpaired) electrons. The molecule has 0 unspecified atom stereocenters. The van der Waals surface area contributed by atoms with Gasteiger partial charge in [0.05, 0.1) is 16.8 Å². The van der Waals surface area contributed by atoms with Gasteiger partial charge in [0.2, 0.25) is 0 Å². The number of nitrogens with one attached hydrogen (secondary N) is 1. The second-order valence-corrected chi connectivity index (χ2v) is 4.28. The monoisotopic (exact) mass is 309 g/mol. The third-order valence-corrected chi connectivity index (χ3v) is 2.73. The van der Waals surface area contributed by atoms with E-state index in [-0.39, 0.29) is 21.2 Å². The fourth-order valence-corrected chi connectivity index (χ4v) is 1.67. The maximum atomic E-state index is 12.9. The Bertz CT molecular complexity index is 683. The van der Waals surface area contributed by atoms with Crippen LogP contribution in [0.2, 0.25) is 5.02 Å². The van der Waals surface area contributed by atoms with Crippen molar-refractivity contribution in [1.29, 1.82) is 0 Å². The minimum atomic E-state index is -4.54. The minimum absolute atomic E-state index is 0.00914. The Morgan fingerprint density at radius 3 is 2.42 bits per heavy atom. The number of nitrogens with zero attached hydrogens (tertiary/aromatic N) is 2. The van der Waals surface area contributed by atoms with E-state index in [2.05, 4.69) is 27.2 Å². The molecule has 9 heteroatoms. The van der Waals surface area contributed by atoms with Crippen LogP contribution < -0.4 is 0 Å². The van der Waals surface area contributed by atoms with Gasteiger partial charge < -0.3 is 4.98 Å². The van der Waals surface area contributed by atoms with E-state index >= 15 is 0 Å². The highest BCUT2D eigenvalue weighted by Crippen LogP contribution is 2.32. The van der Waals surface area contributed by atoms with Crippen molar-refractivity contribution in [3.63, 3.8) is 0 Å². The predicted octanol–water partition coefficient (Wildman–Crippen LogP) is 4.01. The Balaban J connectivity index is 2.52. The van der Waals surface area contributed by atoms with Crippen LogP contribution in [0.4, 0.5) is 17.6 Å². The second-order valence-electron chi connectivity index (χ2n) is 3.46. The Morgan fingerprint density at radius 2 is 1.89 bits per heavy atom. The number of rotatable bonds is 1. The van der Waals surface area contributed by atoms with Gasteiger partial charge in [-0.3, -0.25) is 4.98 Å². The summed E-state index contributed by atoms with van der Waals surface area (Å²) in [5, 5.41) is -0.264. The summed E-state index contributed by atoms with van der Waals surface area (Å²) < 4.78 is 50.0. The van der Waals surface area contributed by atoms with Crippen molar-refractivity contribution in [2.75, 3.05) is 0 Å². The molecule has 2 aromatic heterocycles. The van der Waals surface area contributed by atoms with Crippen LogP contribution in [0.5, 0.6) is 0 Å². The molecular weight excluding hydrogens is 306 g/mol. The number of alkyl halides is 3. The average Bonchev–Trinajstić information content (AvgIpc) is 2.31. The normalized spacial score (nSPS) is 11.6. The standard InChI is InChI=1S/C10H4ClF4N3S/c11-5-1-4(10(13,14)15)2-16-7(5)8-17-3-6(12)9(19)18-8/h1-3H,(H,17,18,19). The van der Waals surface area contributed by atoms with Crippen LogP contribution in [0.1, 0.15) is 5.56 Å². The van der Waals surface area contributed by atoms with Gasteiger partial charge in [0.25, 0.3) is 0 Å². The van der Waals surface area contributed by atoms with Gasteiger partial charge in [0, 0.05) is 6.20 Å². The van der Waals surface area contributed by atoms with Crippen LogP contribution in [0.3, 0.4) is 0 Å². The van der Waals surface area contributed by atoms with Crippen molar-refractivity contribution >= 4 is 23.8 Å². The van der Waals surface area contributed by atoms with E-state index in [1.165, 1.54) is 0 Å². The van der Waals surface area contributed by atoms with E-state index in [1.807, 2.05) is 0 Å². The van der Waals surface area contributed by atoms with E-state index in [0.717, 1.165) is 6.20 Å². The summed E-state index contributed by atoms with van der Waals surface area (Å²) in [6.07, 6.45) is -3.09. The fraction of sp³-hybridized carbons (Fsp3) is 0.100. The highest BCUT2D eigenvalue weighted by molar-refractivity contribution is 7.71. The number of aromatic amines is 1. The molecule has 0 spiro atoms. The van der Waals surface area contributed by atoms with Crippen LogP contribution in [0.25, 0.3) is 11.5 Å². The smallest absolute Gasteiger partial charge is 0.327 e. The summed E-state index contributed by atoms with van der Waals surface area (Å²) in [6, 6.07) is 0.714. The fourth-order valence-electron chi connectivity index (χ4n) is 1.27. The first-order chi connectivity index (χ1) is 8.79. The molecule has 2 rings (SSSR count). The topological polar surface area (TPSA) is 41.6 Å². The Hall–Kier alpha value is -1.54. The van der Waals surface area contributed by atoms with Gasteiger partial charge in [-0.05, 0) is 6.07 Å². The Kier molecular flexibility index (Phi) is 3.55. The number of halogens is 5. The van der Waals surface area contributed by atoms with Crippen LogP contribution >= 0.6 is 23.8 Å². The van der Waals surface area contributed by atoms with Gasteiger partial charge in [-0.2, -0.15) is 13.2 Å². The molecule has 0 saturated carbocycles. The summed E-state index contributed by atoms with van der Waals surface area (Å²) in [5.74, 6) is -0.757. The van der Waals surface area contributed by atoms with Crippen molar-refractivity contribution in [2.24, 2.45) is 0 Å². The first kappa shape index (κ1) is 13.9. The van der Waals surface area contributed by atoms with Gasteiger partial charge in [0.15, 0.2) is 11.6 Å². The predicted molar refractivity (Wildman–Crippen MR) is 62.6 cm³/mol. The number of H-pyrrole nitrogens is 1. The second kappa shape index (κ2) is 4.86. The van der Waals surface area contributed by atoms with Gasteiger partial charge >= 0.3 is 6.18 Å². The van der Waals surface area contributed by atoms with E-state index in [4.69, 9.17) is 11.6 Å². The molecule has 1 N–H and O–H groups in total. The lowest BCUT2D eigenvalue weighted by Crippen LogP contribution is -2.06. The molecule has 2 heterocycles. The zero-order valence-corrected chi connectivity index (χ0v) is 10.5. The van der Waals surface area contributed by atoms with E-state index in [0.29, 0.717) is 12.3 Å². The zero-order chi connectivity index (χ0) is 14.2. The molecule has 0 aromatic carbocycles. The highest BCUT2D eigenvalue weighted by Gasteiger charge is 2.31. The molecule has 0 atom stereocenters. The van der Waals surface area contributed by atoms with Gasteiger partial charge in [-0.1, -0.05) is 23.8 Å². The molecule has 19 heavy (non-hydrogen) atoms. The SMILES string of the molecule is Fc1cnc(-c2ncc(C(F)(F)F)cc2Cl)[nH]c1=S. The first-order valence-corrected chi connectivity index (χ1v) is 5.55. The maximum absolute atomic E-state index is 12.9. The molecule has 0 aliphatic heterocycles. The van der Waals surface area contributed by atoms with Crippen molar-refractivity contribution in [1.82, 2.24) is 15.0 Å². The summed E-state index contributed by atoms with van der Waals surface area (Å²) in [5.41, 5.74) is -1.03. The summed E-state index contributed by atoms with van der Waals surface area (Å²) in [7, 11) is 0. The largest absolute Gasteiger partial charge is 0.417 e. The molecule has 0 aliphatic rings. The molecule has 0 amide bonds. The third kappa shape index (κ3) is 2.90. The van der Waals surface area contributed by atoms with Crippen molar-refractivity contribution in [3.05, 3.63) is 39.5 Å². The lowest BCUT2D eigenvalue weighted by Gasteiger charge is -2.08. The Morgan fingerprint density at radius 1 is 1.21 bits per heavy atom. The summed E-state index contributed by atoms with van der Waals surface area (Å²) in [4.78, 5) is 9.60. The summed E-state index contributed by atoms with van der Waals surface area (Å²) in [6.45, 7) is 0. The molecule has 0 aliphatic carbocycles. The van der Waals surface area contributed by atoms with Gasteiger partial charge in [0.1, 0.15) is 10.3 Å². The third-order valence-electron chi connectivity index (χ3n) is 2.15. The molecule has 100 valence electrons. The number of hydrogen-bond acceptors (Lipinski definition) is 3. The number of hydrogen-bond donors (Lipinski definition) is 1. The van der Waals surface area contributed by atoms with E-state index in [1.54, 1.807) is 0 Å². The molecule has 0 saturated heterocycles. The minimum Gasteiger partial charge on any atom is -0.327 e. The molecule has 0 fully saturated rings. The summed E-state index contributed by atoms with van der Waals surface area (Å²) >= 11 is 10.4. The molecular formula is C10H4ClF4N3S. The maximum Gasteiger partial charge on any atom is 0.417 e. The zero-order valence-electron chi connectivity index (χ0n) is 8.92. The Labute approximate surface area is 114 Å². The molecule has 3 nitrogen and oxygen atoms in total. The number of pyridine rings is 1. The highest BCUT2D eigenvalue weighted by atomic mass is 35.5. The van der Waals surface area contributed by atoms with Crippen LogP contribution in [-0.2, 0) is 6.18 Å². The van der Waals surface area contributed by atoms with Crippen molar-refractivity contribution in [3.8, 4) is 11.5 Å². The van der Waals surface area contributed by atoms with Crippen LogP contribution in [0, 0.1) is 10.5 Å². The first-order valence-electron chi connectivity index (χ1n) is 4.77. The average molecular weight is 310 g/mol. The number of aromatic nitrogens is 3. The van der Waals surface area contributed by atoms with Crippen LogP contribution in [-0.4, -0.2) is 15.0 Å². The van der Waals surface area contributed by atoms with Gasteiger partial charge in [-0.15, -0.1) is 0 Å². The van der Waals surface area contributed by atoms with Crippen molar-refractivity contribution in [2.45, 2.75) is 6.18 Å². The molecule has 0 bridgehead atoms.